The smallest absolute Gasteiger partial charge is 0.315 e. The number of carboxylic acids is 1. The molecular weight excluding hydrogens is 184 g/mol. The van der Waals surface area contributed by atoms with E-state index >= 15 is 0 Å². The number of amides is 2. The van der Waals surface area contributed by atoms with Gasteiger partial charge >= 0.3 is 12.0 Å². The molecule has 0 aromatic rings. The minimum Gasteiger partial charge on any atom is -0.481 e. The molecule has 80 valence electrons. The van der Waals surface area contributed by atoms with Crippen molar-refractivity contribution in [2.45, 2.75) is 38.1 Å². The number of carbonyl (C=O) groups excluding carboxylic acids is 1. The minimum atomic E-state index is -0.785. The normalized spacial score (nSPS) is 14.9. The molecule has 0 saturated heterocycles. The number of hydrogen-bond acceptors (Lipinski definition) is 2. The number of hydrogen-bond donors (Lipinski definition) is 3. The monoisotopic (exact) mass is 200 g/mol. The largest absolute Gasteiger partial charge is 0.481 e. The van der Waals surface area contributed by atoms with Crippen molar-refractivity contribution in [2.75, 3.05) is 6.54 Å². The van der Waals surface area contributed by atoms with Crippen molar-refractivity contribution in [1.82, 2.24) is 10.6 Å². The average molecular weight is 200 g/mol. The van der Waals surface area contributed by atoms with E-state index in [1.807, 2.05) is 0 Å². The third kappa shape index (κ3) is 5.40. The van der Waals surface area contributed by atoms with Gasteiger partial charge < -0.3 is 15.7 Å². The van der Waals surface area contributed by atoms with Gasteiger partial charge in [-0.05, 0) is 25.7 Å². The van der Waals surface area contributed by atoms with Crippen molar-refractivity contribution < 1.29 is 14.7 Å². The predicted octanol–water partition coefficient (Wildman–Crippen LogP) is 0.703. The van der Waals surface area contributed by atoms with Crippen molar-refractivity contribution in [3.63, 3.8) is 0 Å². The van der Waals surface area contributed by atoms with Gasteiger partial charge in [-0.25, -0.2) is 4.79 Å². The van der Waals surface area contributed by atoms with Crippen molar-refractivity contribution in [2.24, 2.45) is 0 Å². The Morgan fingerprint density at radius 1 is 1.29 bits per heavy atom. The Labute approximate surface area is 82.9 Å². The number of carboxylic acid groups (broad SMARTS) is 1. The zero-order valence-electron chi connectivity index (χ0n) is 8.08. The lowest BCUT2D eigenvalue weighted by atomic mass is 10.2. The van der Waals surface area contributed by atoms with E-state index < -0.39 is 5.97 Å². The van der Waals surface area contributed by atoms with Crippen LogP contribution in [0.3, 0.4) is 0 Å². The van der Waals surface area contributed by atoms with Crippen LogP contribution in [-0.4, -0.2) is 29.7 Å². The van der Waals surface area contributed by atoms with Crippen LogP contribution in [0, 0.1) is 0 Å². The van der Waals surface area contributed by atoms with Gasteiger partial charge in [-0.2, -0.15) is 0 Å². The zero-order valence-corrected chi connectivity index (χ0v) is 8.08. The van der Waals surface area contributed by atoms with Gasteiger partial charge in [0.25, 0.3) is 0 Å². The first-order chi connectivity index (χ1) is 6.68. The van der Waals surface area contributed by atoms with E-state index in [1.54, 1.807) is 0 Å². The van der Waals surface area contributed by atoms with Gasteiger partial charge in [0, 0.05) is 19.0 Å². The maximum atomic E-state index is 11.1. The molecule has 3 N–H and O–H groups in total. The Bertz CT molecular complexity index is 214. The lowest BCUT2D eigenvalue weighted by Gasteiger charge is -2.05. The minimum absolute atomic E-state index is 0.136. The summed E-state index contributed by atoms with van der Waals surface area (Å²) >= 11 is 0. The highest BCUT2D eigenvalue weighted by atomic mass is 16.4. The lowest BCUT2D eigenvalue weighted by Crippen LogP contribution is -2.37. The molecule has 14 heavy (non-hydrogen) atoms. The fraction of sp³-hybridized carbons (Fsp3) is 0.778. The molecule has 0 atom stereocenters. The van der Waals surface area contributed by atoms with Crippen molar-refractivity contribution in [3.05, 3.63) is 0 Å². The van der Waals surface area contributed by atoms with Crippen LogP contribution in [0.5, 0.6) is 0 Å². The first-order valence-corrected chi connectivity index (χ1v) is 4.94. The fourth-order valence-electron chi connectivity index (χ4n) is 1.07. The molecule has 2 amide bonds. The SMILES string of the molecule is O=C(O)CCCCNC(=O)NC1CC1. The molecule has 1 saturated carbocycles. The lowest BCUT2D eigenvalue weighted by molar-refractivity contribution is -0.137. The summed E-state index contributed by atoms with van der Waals surface area (Å²) in [6.45, 7) is 0.547. The molecular formula is C9H16N2O3. The Balaban J connectivity index is 1.87. The third-order valence-corrected chi connectivity index (χ3v) is 2.02. The second-order valence-corrected chi connectivity index (χ2v) is 3.53. The highest BCUT2D eigenvalue weighted by molar-refractivity contribution is 5.74. The van der Waals surface area contributed by atoms with Crippen molar-refractivity contribution >= 4 is 12.0 Å². The molecule has 1 aliphatic rings. The van der Waals surface area contributed by atoms with Gasteiger partial charge in [0.15, 0.2) is 0 Å². The Morgan fingerprint density at radius 3 is 2.57 bits per heavy atom. The van der Waals surface area contributed by atoms with Gasteiger partial charge in [0.1, 0.15) is 0 Å². The summed E-state index contributed by atoms with van der Waals surface area (Å²) in [5.41, 5.74) is 0. The number of unbranched alkanes of at least 4 members (excludes halogenated alkanes) is 1. The summed E-state index contributed by atoms with van der Waals surface area (Å²) in [6.07, 6.45) is 3.65. The van der Waals surface area contributed by atoms with E-state index in [4.69, 9.17) is 5.11 Å². The van der Waals surface area contributed by atoms with E-state index in [9.17, 15) is 9.59 Å². The number of rotatable bonds is 6. The first-order valence-electron chi connectivity index (χ1n) is 4.94. The average Bonchev–Trinajstić information content (AvgIpc) is 2.87. The molecule has 1 fully saturated rings. The third-order valence-electron chi connectivity index (χ3n) is 2.02. The van der Waals surface area contributed by atoms with Crippen LogP contribution in [0.1, 0.15) is 32.1 Å². The van der Waals surface area contributed by atoms with Crippen LogP contribution in [-0.2, 0) is 4.79 Å². The van der Waals surface area contributed by atoms with Gasteiger partial charge in [-0.15, -0.1) is 0 Å². The number of carbonyl (C=O) groups is 2. The Hall–Kier alpha value is -1.26. The molecule has 0 heterocycles. The highest BCUT2D eigenvalue weighted by Gasteiger charge is 2.22. The highest BCUT2D eigenvalue weighted by Crippen LogP contribution is 2.18. The molecule has 5 nitrogen and oxygen atoms in total. The molecule has 0 bridgehead atoms. The molecule has 0 aliphatic heterocycles. The molecule has 0 aromatic carbocycles. The molecule has 5 heteroatoms. The van der Waals surface area contributed by atoms with Gasteiger partial charge in [0.05, 0.1) is 0 Å². The van der Waals surface area contributed by atoms with Gasteiger partial charge in [-0.1, -0.05) is 0 Å². The maximum Gasteiger partial charge on any atom is 0.315 e. The zero-order chi connectivity index (χ0) is 10.4. The Kier molecular flexibility index (Phi) is 4.22. The molecule has 1 aliphatic carbocycles. The molecule has 0 unspecified atom stereocenters. The summed E-state index contributed by atoms with van der Waals surface area (Å²) in [5, 5.41) is 13.8. The van der Waals surface area contributed by atoms with Crippen LogP contribution in [0.25, 0.3) is 0 Å². The quantitative estimate of drug-likeness (QED) is 0.552. The van der Waals surface area contributed by atoms with Crippen LogP contribution < -0.4 is 10.6 Å². The summed E-state index contributed by atoms with van der Waals surface area (Å²) in [4.78, 5) is 21.2. The van der Waals surface area contributed by atoms with E-state index in [1.165, 1.54) is 0 Å². The van der Waals surface area contributed by atoms with E-state index in [-0.39, 0.29) is 12.5 Å². The van der Waals surface area contributed by atoms with Crippen LogP contribution in [0.4, 0.5) is 4.79 Å². The van der Waals surface area contributed by atoms with Gasteiger partial charge in [0.2, 0.25) is 0 Å². The fourth-order valence-corrected chi connectivity index (χ4v) is 1.07. The van der Waals surface area contributed by atoms with E-state index in [0.717, 1.165) is 12.8 Å². The first kappa shape index (κ1) is 10.8. The van der Waals surface area contributed by atoms with Crippen molar-refractivity contribution in [3.8, 4) is 0 Å². The van der Waals surface area contributed by atoms with Crippen LogP contribution >= 0.6 is 0 Å². The summed E-state index contributed by atoms with van der Waals surface area (Å²) in [6, 6.07) is 0.233. The second-order valence-electron chi connectivity index (χ2n) is 3.53. The summed E-state index contributed by atoms with van der Waals surface area (Å²) in [5.74, 6) is -0.785. The molecule has 0 radical (unpaired) electrons. The van der Waals surface area contributed by atoms with Crippen LogP contribution in [0.2, 0.25) is 0 Å². The predicted molar refractivity (Wildman–Crippen MR) is 51.0 cm³/mol. The molecule has 1 rings (SSSR count). The van der Waals surface area contributed by atoms with E-state index in [0.29, 0.717) is 25.4 Å². The van der Waals surface area contributed by atoms with E-state index in [2.05, 4.69) is 10.6 Å². The maximum absolute atomic E-state index is 11.1. The van der Waals surface area contributed by atoms with Crippen LogP contribution in [0.15, 0.2) is 0 Å². The summed E-state index contributed by atoms with van der Waals surface area (Å²) in [7, 11) is 0. The van der Waals surface area contributed by atoms with Crippen molar-refractivity contribution in [1.29, 1.82) is 0 Å². The standard InChI is InChI=1S/C9H16N2O3/c12-8(13)3-1-2-6-10-9(14)11-7-4-5-7/h7H,1-6H2,(H,12,13)(H2,10,11,14). The molecule has 0 spiro atoms. The Morgan fingerprint density at radius 2 is 2.00 bits per heavy atom. The molecule has 0 aromatic heterocycles. The number of urea groups is 1. The summed E-state index contributed by atoms with van der Waals surface area (Å²) < 4.78 is 0. The number of aliphatic carboxylic acids is 1. The second kappa shape index (κ2) is 5.47. The topological polar surface area (TPSA) is 78.4 Å². The number of nitrogens with one attached hydrogen (secondary N) is 2. The van der Waals surface area contributed by atoms with Gasteiger partial charge in [-0.3, -0.25) is 4.79 Å².